The second-order valence-electron chi connectivity index (χ2n) is 3.66. The van der Waals surface area contributed by atoms with E-state index >= 15 is 0 Å². The monoisotopic (exact) mass is 268 g/mol. The van der Waals surface area contributed by atoms with Crippen molar-refractivity contribution in [2.45, 2.75) is 20.4 Å². The second-order valence-corrected chi connectivity index (χ2v) is 4.46. The standard InChI is InChI=1S/C10H13BrN4/c1-7-10(11)8(2)15(13-7)6-9-4-12-14(3)5-9/h4-5H,6H2,1-3H3. The van der Waals surface area contributed by atoms with Crippen LogP contribution in [0, 0.1) is 13.8 Å². The van der Waals surface area contributed by atoms with Gasteiger partial charge >= 0.3 is 0 Å². The lowest BCUT2D eigenvalue weighted by atomic mass is 10.3. The van der Waals surface area contributed by atoms with Gasteiger partial charge in [-0.1, -0.05) is 0 Å². The molecule has 0 radical (unpaired) electrons. The third-order valence-electron chi connectivity index (χ3n) is 2.38. The van der Waals surface area contributed by atoms with Gasteiger partial charge in [0.25, 0.3) is 0 Å². The normalized spacial score (nSPS) is 10.9. The molecule has 0 fully saturated rings. The molecule has 0 bridgehead atoms. The third kappa shape index (κ3) is 1.97. The molecule has 0 aromatic carbocycles. The van der Waals surface area contributed by atoms with Crippen LogP contribution in [-0.4, -0.2) is 19.6 Å². The molecule has 0 aliphatic rings. The van der Waals surface area contributed by atoms with Crippen LogP contribution in [0.5, 0.6) is 0 Å². The van der Waals surface area contributed by atoms with Crippen LogP contribution in [-0.2, 0) is 13.6 Å². The molecule has 0 spiro atoms. The van der Waals surface area contributed by atoms with E-state index in [1.54, 1.807) is 4.68 Å². The van der Waals surface area contributed by atoms with E-state index in [0.717, 1.165) is 28.0 Å². The molecule has 15 heavy (non-hydrogen) atoms. The maximum Gasteiger partial charge on any atom is 0.0738 e. The summed E-state index contributed by atoms with van der Waals surface area (Å²) >= 11 is 3.51. The number of rotatable bonds is 2. The summed E-state index contributed by atoms with van der Waals surface area (Å²) in [4.78, 5) is 0. The van der Waals surface area contributed by atoms with Crippen molar-refractivity contribution in [3.8, 4) is 0 Å². The quantitative estimate of drug-likeness (QED) is 0.836. The lowest BCUT2D eigenvalue weighted by Crippen LogP contribution is -2.03. The van der Waals surface area contributed by atoms with E-state index in [0.29, 0.717) is 0 Å². The van der Waals surface area contributed by atoms with Gasteiger partial charge in [0.1, 0.15) is 0 Å². The van der Waals surface area contributed by atoms with Crippen molar-refractivity contribution in [2.75, 3.05) is 0 Å². The summed E-state index contributed by atoms with van der Waals surface area (Å²) in [6.07, 6.45) is 3.87. The average molecular weight is 269 g/mol. The first-order valence-electron chi connectivity index (χ1n) is 4.75. The number of halogens is 1. The van der Waals surface area contributed by atoms with Crippen molar-refractivity contribution in [1.82, 2.24) is 19.6 Å². The fraction of sp³-hybridized carbons (Fsp3) is 0.400. The highest BCUT2D eigenvalue weighted by Gasteiger charge is 2.09. The van der Waals surface area contributed by atoms with Gasteiger partial charge in [-0.15, -0.1) is 0 Å². The van der Waals surface area contributed by atoms with E-state index in [2.05, 4.69) is 33.1 Å². The van der Waals surface area contributed by atoms with E-state index in [1.807, 2.05) is 31.0 Å². The van der Waals surface area contributed by atoms with Gasteiger partial charge in [-0.2, -0.15) is 10.2 Å². The molecular weight excluding hydrogens is 256 g/mol. The Kier molecular flexibility index (Phi) is 2.65. The molecule has 0 saturated carbocycles. The average Bonchev–Trinajstić information content (AvgIpc) is 2.68. The van der Waals surface area contributed by atoms with Crippen LogP contribution in [0.2, 0.25) is 0 Å². The number of aromatic nitrogens is 4. The summed E-state index contributed by atoms with van der Waals surface area (Å²) in [7, 11) is 1.92. The van der Waals surface area contributed by atoms with Crippen LogP contribution in [0.25, 0.3) is 0 Å². The van der Waals surface area contributed by atoms with Crippen LogP contribution < -0.4 is 0 Å². The van der Waals surface area contributed by atoms with Crippen LogP contribution in [0.15, 0.2) is 16.9 Å². The van der Waals surface area contributed by atoms with Crippen molar-refractivity contribution >= 4 is 15.9 Å². The Morgan fingerprint density at radius 3 is 2.60 bits per heavy atom. The fourth-order valence-corrected chi connectivity index (χ4v) is 1.84. The van der Waals surface area contributed by atoms with Crippen molar-refractivity contribution in [1.29, 1.82) is 0 Å². The highest BCUT2D eigenvalue weighted by atomic mass is 79.9. The second kappa shape index (κ2) is 3.81. The maximum atomic E-state index is 4.45. The summed E-state index contributed by atoms with van der Waals surface area (Å²) < 4.78 is 4.87. The van der Waals surface area contributed by atoms with Gasteiger partial charge in [0.05, 0.1) is 28.6 Å². The molecule has 2 aromatic heterocycles. The lowest BCUT2D eigenvalue weighted by molar-refractivity contribution is 0.657. The molecule has 0 aliphatic heterocycles. The zero-order chi connectivity index (χ0) is 11.0. The molecule has 0 unspecified atom stereocenters. The molecule has 0 atom stereocenters. The molecular formula is C10H13BrN4. The van der Waals surface area contributed by atoms with Gasteiger partial charge in [-0.25, -0.2) is 0 Å². The zero-order valence-corrected chi connectivity index (χ0v) is 10.6. The molecule has 5 heteroatoms. The first kappa shape index (κ1) is 10.4. The molecule has 2 aromatic rings. The van der Waals surface area contributed by atoms with Gasteiger partial charge in [0.2, 0.25) is 0 Å². The first-order valence-corrected chi connectivity index (χ1v) is 5.54. The summed E-state index contributed by atoms with van der Waals surface area (Å²) in [5.41, 5.74) is 3.34. The largest absolute Gasteiger partial charge is 0.275 e. The molecule has 0 aliphatic carbocycles. The van der Waals surface area contributed by atoms with E-state index in [1.165, 1.54) is 0 Å². The van der Waals surface area contributed by atoms with E-state index in [-0.39, 0.29) is 0 Å². The van der Waals surface area contributed by atoms with Crippen LogP contribution in [0.3, 0.4) is 0 Å². The van der Waals surface area contributed by atoms with E-state index < -0.39 is 0 Å². The zero-order valence-electron chi connectivity index (χ0n) is 9.03. The van der Waals surface area contributed by atoms with Gasteiger partial charge in [-0.05, 0) is 29.8 Å². The van der Waals surface area contributed by atoms with Gasteiger partial charge in [0.15, 0.2) is 0 Å². The van der Waals surface area contributed by atoms with Crippen LogP contribution in [0.1, 0.15) is 17.0 Å². The minimum absolute atomic E-state index is 0.770. The smallest absolute Gasteiger partial charge is 0.0738 e. The predicted molar refractivity (Wildman–Crippen MR) is 61.7 cm³/mol. The molecule has 0 amide bonds. The van der Waals surface area contributed by atoms with Crippen molar-refractivity contribution in [2.24, 2.45) is 7.05 Å². The van der Waals surface area contributed by atoms with Gasteiger partial charge < -0.3 is 0 Å². The Balaban J connectivity index is 2.28. The number of hydrogen-bond donors (Lipinski definition) is 0. The first-order chi connectivity index (χ1) is 7.08. The maximum absolute atomic E-state index is 4.45. The van der Waals surface area contributed by atoms with Crippen molar-refractivity contribution < 1.29 is 0 Å². The Labute approximate surface area is 97.0 Å². The highest BCUT2D eigenvalue weighted by Crippen LogP contribution is 2.20. The topological polar surface area (TPSA) is 35.6 Å². The SMILES string of the molecule is Cc1nn(Cc2cnn(C)c2)c(C)c1Br. The summed E-state index contributed by atoms with van der Waals surface area (Å²) in [6, 6.07) is 0. The highest BCUT2D eigenvalue weighted by molar-refractivity contribution is 9.10. The van der Waals surface area contributed by atoms with Crippen molar-refractivity contribution in [3.05, 3.63) is 33.8 Å². The molecule has 4 nitrogen and oxygen atoms in total. The molecule has 0 N–H and O–H groups in total. The number of hydrogen-bond acceptors (Lipinski definition) is 2. The van der Waals surface area contributed by atoms with Gasteiger partial charge in [0, 0.05) is 18.8 Å². The molecule has 80 valence electrons. The van der Waals surface area contributed by atoms with Crippen LogP contribution >= 0.6 is 15.9 Å². The lowest BCUT2D eigenvalue weighted by Gasteiger charge is -2.01. The fourth-order valence-electron chi connectivity index (χ4n) is 1.56. The third-order valence-corrected chi connectivity index (χ3v) is 3.53. The number of aryl methyl sites for hydroxylation is 2. The Morgan fingerprint density at radius 2 is 2.13 bits per heavy atom. The minimum atomic E-state index is 0.770. The molecule has 0 saturated heterocycles. The van der Waals surface area contributed by atoms with E-state index in [4.69, 9.17) is 0 Å². The Hall–Kier alpha value is -1.10. The summed E-state index contributed by atoms with van der Waals surface area (Å²) in [5.74, 6) is 0. The van der Waals surface area contributed by atoms with Crippen LogP contribution in [0.4, 0.5) is 0 Å². The molecule has 2 rings (SSSR count). The number of nitrogens with zero attached hydrogens (tertiary/aromatic N) is 4. The summed E-state index contributed by atoms with van der Waals surface area (Å²) in [5, 5.41) is 8.58. The van der Waals surface area contributed by atoms with Gasteiger partial charge in [-0.3, -0.25) is 9.36 Å². The Bertz CT molecular complexity index is 484. The molecule has 2 heterocycles. The Morgan fingerprint density at radius 1 is 1.40 bits per heavy atom. The predicted octanol–water partition coefficient (Wildman–Crippen LogP) is 2.04. The summed E-state index contributed by atoms with van der Waals surface area (Å²) in [6.45, 7) is 4.82. The van der Waals surface area contributed by atoms with E-state index in [9.17, 15) is 0 Å². The minimum Gasteiger partial charge on any atom is -0.275 e. The van der Waals surface area contributed by atoms with Crippen molar-refractivity contribution in [3.63, 3.8) is 0 Å².